The number of benzene rings is 2. The molecule has 0 aliphatic rings. The lowest BCUT2D eigenvalue weighted by Gasteiger charge is -2.12. The first kappa shape index (κ1) is 14.6. The molecule has 2 heteroatoms. The average Bonchev–Trinajstić information content (AvgIpc) is 2.38. The second kappa shape index (κ2) is 6.58. The van der Waals surface area contributed by atoms with Crippen LogP contribution in [0.5, 0.6) is 0 Å². The van der Waals surface area contributed by atoms with Crippen molar-refractivity contribution < 1.29 is 4.74 Å². The Bertz CT molecular complexity index is 567. The van der Waals surface area contributed by atoms with E-state index in [1.54, 1.807) is 0 Å². The minimum absolute atomic E-state index is 0.671. The lowest BCUT2D eigenvalue weighted by atomic mass is 10.0. The van der Waals surface area contributed by atoms with E-state index in [0.717, 1.165) is 17.7 Å². The first-order valence-electron chi connectivity index (χ1n) is 7.06. The van der Waals surface area contributed by atoms with Gasteiger partial charge in [-0.2, -0.15) is 0 Å². The maximum Gasteiger partial charge on any atom is 0.0722 e. The molecule has 2 rings (SSSR count). The number of anilines is 1. The van der Waals surface area contributed by atoms with Crippen LogP contribution < -0.4 is 5.73 Å². The van der Waals surface area contributed by atoms with Crippen LogP contribution in [0.3, 0.4) is 0 Å². The Morgan fingerprint density at radius 3 is 2.30 bits per heavy atom. The Kier molecular flexibility index (Phi) is 4.80. The van der Waals surface area contributed by atoms with E-state index in [2.05, 4.69) is 39.0 Å². The number of rotatable bonds is 5. The number of aryl methyl sites for hydroxylation is 3. The summed E-state index contributed by atoms with van der Waals surface area (Å²) in [4.78, 5) is 0. The van der Waals surface area contributed by atoms with Crippen LogP contribution in [0.15, 0.2) is 36.4 Å². The van der Waals surface area contributed by atoms with E-state index in [1.165, 1.54) is 22.3 Å². The van der Waals surface area contributed by atoms with Gasteiger partial charge < -0.3 is 10.5 Å². The molecule has 20 heavy (non-hydrogen) atoms. The summed E-state index contributed by atoms with van der Waals surface area (Å²) >= 11 is 0. The smallest absolute Gasteiger partial charge is 0.0722 e. The largest absolute Gasteiger partial charge is 0.399 e. The van der Waals surface area contributed by atoms with E-state index in [-0.39, 0.29) is 0 Å². The van der Waals surface area contributed by atoms with Gasteiger partial charge in [0.15, 0.2) is 0 Å². The summed E-state index contributed by atoms with van der Waals surface area (Å²) in [6.07, 6.45) is 0.858. The topological polar surface area (TPSA) is 35.2 Å². The highest BCUT2D eigenvalue weighted by Crippen LogP contribution is 2.18. The van der Waals surface area contributed by atoms with Crippen LogP contribution in [0, 0.1) is 20.8 Å². The van der Waals surface area contributed by atoms with Crippen molar-refractivity contribution >= 4 is 5.69 Å². The van der Waals surface area contributed by atoms with Gasteiger partial charge in [-0.3, -0.25) is 0 Å². The van der Waals surface area contributed by atoms with E-state index < -0.39 is 0 Å². The summed E-state index contributed by atoms with van der Waals surface area (Å²) in [5.41, 5.74) is 13.1. The molecule has 2 aromatic rings. The molecule has 0 aromatic heterocycles. The van der Waals surface area contributed by atoms with E-state index in [1.807, 2.05) is 18.2 Å². The second-order valence-electron chi connectivity index (χ2n) is 5.38. The average molecular weight is 269 g/mol. The quantitative estimate of drug-likeness (QED) is 0.659. The predicted octanol–water partition coefficient (Wildman–Crippen LogP) is 3.95. The zero-order valence-electron chi connectivity index (χ0n) is 12.6. The number of hydrogen-bond donors (Lipinski definition) is 1. The van der Waals surface area contributed by atoms with Gasteiger partial charge >= 0.3 is 0 Å². The molecule has 0 bridgehead atoms. The van der Waals surface area contributed by atoms with Gasteiger partial charge in [-0.1, -0.05) is 35.9 Å². The first-order valence-corrected chi connectivity index (χ1v) is 7.06. The molecule has 0 atom stereocenters. The number of nitrogens with two attached hydrogens (primary N) is 1. The van der Waals surface area contributed by atoms with Crippen molar-refractivity contribution in [3.05, 3.63) is 64.2 Å². The van der Waals surface area contributed by atoms with Crippen LogP contribution in [0.2, 0.25) is 0 Å². The van der Waals surface area contributed by atoms with Gasteiger partial charge in [-0.05, 0) is 55.5 Å². The number of ether oxygens (including phenoxy) is 1. The van der Waals surface area contributed by atoms with Gasteiger partial charge in [0.05, 0.1) is 13.2 Å². The molecule has 0 heterocycles. The van der Waals surface area contributed by atoms with Gasteiger partial charge in [0.2, 0.25) is 0 Å². The number of nitrogen functional groups attached to an aromatic ring is 1. The van der Waals surface area contributed by atoms with Crippen molar-refractivity contribution in [1.29, 1.82) is 0 Å². The third-order valence-corrected chi connectivity index (χ3v) is 3.66. The molecule has 0 saturated heterocycles. The highest BCUT2D eigenvalue weighted by molar-refractivity contribution is 5.46. The lowest BCUT2D eigenvalue weighted by molar-refractivity contribution is 0.123. The molecule has 0 spiro atoms. The molecular formula is C18H23NO. The molecule has 2 N–H and O–H groups in total. The summed E-state index contributed by atoms with van der Waals surface area (Å²) in [6.45, 7) is 7.79. The molecule has 0 aliphatic carbocycles. The van der Waals surface area contributed by atoms with E-state index >= 15 is 0 Å². The van der Waals surface area contributed by atoms with Gasteiger partial charge in [0.1, 0.15) is 0 Å². The molecule has 0 unspecified atom stereocenters. The summed E-state index contributed by atoms with van der Waals surface area (Å²) < 4.78 is 5.82. The third-order valence-electron chi connectivity index (χ3n) is 3.66. The van der Waals surface area contributed by atoms with Gasteiger partial charge in [-0.25, -0.2) is 0 Å². The Labute approximate surface area is 121 Å². The van der Waals surface area contributed by atoms with Gasteiger partial charge in [0.25, 0.3) is 0 Å². The van der Waals surface area contributed by atoms with Crippen molar-refractivity contribution in [2.75, 3.05) is 12.3 Å². The molecule has 0 fully saturated rings. The van der Waals surface area contributed by atoms with E-state index in [9.17, 15) is 0 Å². The molecule has 0 saturated carbocycles. The van der Waals surface area contributed by atoms with Crippen LogP contribution in [0.4, 0.5) is 5.69 Å². The minimum Gasteiger partial charge on any atom is -0.399 e. The minimum atomic E-state index is 0.671. The Balaban J connectivity index is 1.90. The normalized spacial score (nSPS) is 10.8. The SMILES string of the molecule is Cc1cc(C)c(COCCc2ccccc2N)c(C)c1. The predicted molar refractivity (Wildman–Crippen MR) is 84.9 cm³/mol. The maximum atomic E-state index is 5.92. The second-order valence-corrected chi connectivity index (χ2v) is 5.38. The highest BCUT2D eigenvalue weighted by atomic mass is 16.5. The van der Waals surface area contributed by atoms with Crippen molar-refractivity contribution in [2.45, 2.75) is 33.8 Å². The summed E-state index contributed by atoms with van der Waals surface area (Å²) in [5, 5.41) is 0. The van der Waals surface area contributed by atoms with Crippen LogP contribution >= 0.6 is 0 Å². The van der Waals surface area contributed by atoms with Crippen molar-refractivity contribution in [2.24, 2.45) is 0 Å². The monoisotopic (exact) mass is 269 g/mol. The Hall–Kier alpha value is -1.80. The molecular weight excluding hydrogens is 246 g/mol. The van der Waals surface area contributed by atoms with Gasteiger partial charge in [0, 0.05) is 5.69 Å². The Morgan fingerprint density at radius 1 is 1.00 bits per heavy atom. The van der Waals surface area contributed by atoms with Crippen LogP contribution in [-0.4, -0.2) is 6.61 Å². The summed E-state index contributed by atoms with van der Waals surface area (Å²) in [5.74, 6) is 0. The summed E-state index contributed by atoms with van der Waals surface area (Å²) in [6, 6.07) is 12.4. The number of para-hydroxylation sites is 1. The fraction of sp³-hybridized carbons (Fsp3) is 0.333. The first-order chi connectivity index (χ1) is 9.58. The van der Waals surface area contributed by atoms with Crippen molar-refractivity contribution in [3.8, 4) is 0 Å². The number of hydrogen-bond acceptors (Lipinski definition) is 2. The maximum absolute atomic E-state index is 5.92. The fourth-order valence-corrected chi connectivity index (χ4v) is 2.56. The molecule has 2 aromatic carbocycles. The van der Waals surface area contributed by atoms with Crippen LogP contribution in [0.25, 0.3) is 0 Å². The van der Waals surface area contributed by atoms with Crippen LogP contribution in [0.1, 0.15) is 27.8 Å². The highest BCUT2D eigenvalue weighted by Gasteiger charge is 2.04. The standard InChI is InChI=1S/C18H23NO/c1-13-10-14(2)17(15(3)11-13)12-20-9-8-16-6-4-5-7-18(16)19/h4-7,10-11H,8-9,12,19H2,1-3H3. The summed E-state index contributed by atoms with van der Waals surface area (Å²) in [7, 11) is 0. The van der Waals surface area contributed by atoms with Crippen LogP contribution in [-0.2, 0) is 17.8 Å². The molecule has 0 amide bonds. The fourth-order valence-electron chi connectivity index (χ4n) is 2.56. The Morgan fingerprint density at radius 2 is 1.65 bits per heavy atom. The van der Waals surface area contributed by atoms with Gasteiger partial charge in [-0.15, -0.1) is 0 Å². The lowest BCUT2D eigenvalue weighted by Crippen LogP contribution is -2.04. The van der Waals surface area contributed by atoms with E-state index in [4.69, 9.17) is 10.5 Å². The molecule has 106 valence electrons. The molecule has 0 aliphatic heterocycles. The molecule has 0 radical (unpaired) electrons. The third kappa shape index (κ3) is 3.61. The van der Waals surface area contributed by atoms with Crippen molar-refractivity contribution in [1.82, 2.24) is 0 Å². The van der Waals surface area contributed by atoms with Crippen molar-refractivity contribution in [3.63, 3.8) is 0 Å². The zero-order valence-corrected chi connectivity index (χ0v) is 12.6. The molecule has 2 nitrogen and oxygen atoms in total. The van der Waals surface area contributed by atoms with E-state index in [0.29, 0.717) is 13.2 Å². The zero-order chi connectivity index (χ0) is 14.5.